The van der Waals surface area contributed by atoms with Crippen LogP contribution in [0.15, 0.2) is 60.5 Å². The zero-order valence-corrected chi connectivity index (χ0v) is 21.2. The van der Waals surface area contributed by atoms with E-state index < -0.39 is 18.0 Å². The smallest absolute Gasteiger partial charge is 0.389 e. The van der Waals surface area contributed by atoms with Gasteiger partial charge in [-0.15, -0.1) is 0 Å². The average Bonchev–Trinajstić information content (AvgIpc) is 2.78. The highest BCUT2D eigenvalue weighted by molar-refractivity contribution is 14.1. The van der Waals surface area contributed by atoms with Crippen LogP contribution in [-0.4, -0.2) is 29.0 Å². The van der Waals surface area contributed by atoms with Gasteiger partial charge in [0.05, 0.1) is 6.04 Å². The summed E-state index contributed by atoms with van der Waals surface area (Å²) in [5.41, 5.74) is 2.51. The summed E-state index contributed by atoms with van der Waals surface area (Å²) >= 11 is 2.25. The maximum absolute atomic E-state index is 12.9. The molecule has 7 nitrogen and oxygen atoms in total. The van der Waals surface area contributed by atoms with Crippen molar-refractivity contribution in [3.05, 3.63) is 74.6 Å². The first-order chi connectivity index (χ1) is 15.7. The van der Waals surface area contributed by atoms with Gasteiger partial charge >= 0.3 is 6.20 Å². The molecule has 0 aliphatic heterocycles. The standard InChI is InChI=1S/C25H29IN4O3/c1-4-5-21(23(31)15-28-27)29-25(33)22(14-16(2)3)30-24(32)19-8-6-17(7-9-19)18-10-12-20(26)13-11-18/h6-13,15-16,21-22H,4-5,14H2,1-3H3,(H2-,29,30,31,32,33)/p+1/b23-15-/i26-2. The van der Waals surface area contributed by atoms with Crippen molar-refractivity contribution in [2.24, 2.45) is 5.92 Å². The number of diazo groups is 1. The van der Waals surface area contributed by atoms with Crippen molar-refractivity contribution >= 4 is 34.4 Å². The summed E-state index contributed by atoms with van der Waals surface area (Å²) < 4.78 is 1.15. The monoisotopic (exact) mass is 559 g/mol. The summed E-state index contributed by atoms with van der Waals surface area (Å²) in [6.45, 7) is 5.84. The van der Waals surface area contributed by atoms with Gasteiger partial charge in [0.25, 0.3) is 5.91 Å². The number of amides is 2. The van der Waals surface area contributed by atoms with E-state index in [1.165, 1.54) is 0 Å². The lowest BCUT2D eigenvalue weighted by Gasteiger charge is -2.23. The molecule has 0 spiro atoms. The molecule has 2 rings (SSSR count). The molecule has 2 aromatic rings. The van der Waals surface area contributed by atoms with Crippen molar-refractivity contribution in [1.29, 1.82) is 5.39 Å². The van der Waals surface area contributed by atoms with Crippen molar-refractivity contribution in [2.75, 3.05) is 0 Å². The summed E-state index contributed by atoms with van der Waals surface area (Å²) in [6, 6.07) is 13.9. The zero-order valence-electron chi connectivity index (χ0n) is 19.1. The fourth-order valence-electron chi connectivity index (χ4n) is 3.40. The molecule has 0 heterocycles. The first-order valence-corrected chi connectivity index (χ1v) is 12.0. The minimum Gasteiger partial charge on any atom is -0.504 e. The van der Waals surface area contributed by atoms with Crippen molar-refractivity contribution in [3.63, 3.8) is 0 Å². The number of nitrogens with one attached hydrogen (secondary N) is 2. The molecule has 8 heteroatoms. The number of hydrogen-bond donors (Lipinski definition) is 3. The number of hydrogen-bond acceptors (Lipinski definition) is 4. The highest BCUT2D eigenvalue weighted by atomic mass is 125. The Kier molecular flexibility index (Phi) is 10.3. The first-order valence-electron chi connectivity index (χ1n) is 11.0. The molecule has 0 aliphatic carbocycles. The molecule has 0 fully saturated rings. The molecule has 174 valence electrons. The number of nitrogens with zero attached hydrogens (tertiary/aromatic N) is 2. The van der Waals surface area contributed by atoms with Gasteiger partial charge in [0.1, 0.15) is 6.04 Å². The maximum atomic E-state index is 12.9. The summed E-state index contributed by atoms with van der Waals surface area (Å²) in [5, 5.41) is 24.3. The van der Waals surface area contributed by atoms with Crippen molar-refractivity contribution in [1.82, 2.24) is 10.6 Å². The van der Waals surface area contributed by atoms with E-state index in [0.29, 0.717) is 24.8 Å². The SMILES string of the molecule is CCCC(NC(=O)C(CC(C)C)NC(=O)c1ccc(-c2ccc([125I])cc2)cc1)/C(O)=C/[N+]#N. The summed E-state index contributed by atoms with van der Waals surface area (Å²) in [4.78, 5) is 28.7. The molecule has 0 saturated carbocycles. The van der Waals surface area contributed by atoms with E-state index in [4.69, 9.17) is 5.39 Å². The molecule has 0 aliphatic rings. The Hall–Kier alpha value is -2.93. The van der Waals surface area contributed by atoms with Gasteiger partial charge in [-0.05, 0) is 76.7 Å². The molecule has 33 heavy (non-hydrogen) atoms. The number of carbonyl (C=O) groups excluding carboxylic acids is 2. The topological polar surface area (TPSA) is 107 Å². The highest BCUT2D eigenvalue weighted by Crippen LogP contribution is 2.21. The Morgan fingerprint density at radius 2 is 1.61 bits per heavy atom. The van der Waals surface area contributed by atoms with Crippen LogP contribution in [0.1, 0.15) is 50.4 Å². The number of halogens is 1. The van der Waals surface area contributed by atoms with Gasteiger partial charge in [-0.1, -0.05) is 51.5 Å². The Morgan fingerprint density at radius 3 is 2.12 bits per heavy atom. The van der Waals surface area contributed by atoms with Crippen molar-refractivity contribution in [2.45, 2.75) is 52.1 Å². The zero-order chi connectivity index (χ0) is 24.4. The minimum absolute atomic E-state index is 0.158. The fraction of sp³-hybridized carbons (Fsp3) is 0.360. The molecule has 2 aromatic carbocycles. The van der Waals surface area contributed by atoms with E-state index in [2.05, 4.69) is 38.2 Å². The van der Waals surface area contributed by atoms with E-state index in [9.17, 15) is 14.7 Å². The largest absolute Gasteiger partial charge is 0.504 e. The second-order valence-corrected chi connectivity index (χ2v) is 9.50. The predicted molar refractivity (Wildman–Crippen MR) is 138 cm³/mol. The number of rotatable bonds is 10. The third kappa shape index (κ3) is 8.17. The Bertz CT molecular complexity index is 1010. The third-order valence-corrected chi connectivity index (χ3v) is 5.81. The Morgan fingerprint density at radius 1 is 1.03 bits per heavy atom. The van der Waals surface area contributed by atoms with Crippen LogP contribution in [0.25, 0.3) is 16.1 Å². The van der Waals surface area contributed by atoms with Gasteiger partial charge in [-0.2, -0.15) is 0 Å². The lowest BCUT2D eigenvalue weighted by atomic mass is 10.0. The minimum atomic E-state index is -0.772. The van der Waals surface area contributed by atoms with E-state index in [1.54, 1.807) is 12.1 Å². The van der Waals surface area contributed by atoms with Crippen LogP contribution in [0.3, 0.4) is 0 Å². The van der Waals surface area contributed by atoms with E-state index >= 15 is 0 Å². The van der Waals surface area contributed by atoms with Crippen molar-refractivity contribution in [3.8, 4) is 11.1 Å². The van der Waals surface area contributed by atoms with Gasteiger partial charge in [-0.25, -0.2) is 0 Å². The summed E-state index contributed by atoms with van der Waals surface area (Å²) in [5.74, 6) is -0.829. The van der Waals surface area contributed by atoms with Gasteiger partial charge in [0.15, 0.2) is 4.98 Å². The van der Waals surface area contributed by atoms with Crippen molar-refractivity contribution < 1.29 is 14.7 Å². The Labute approximate surface area is 208 Å². The molecule has 3 N–H and O–H groups in total. The van der Waals surface area contributed by atoms with Gasteiger partial charge in [0, 0.05) is 9.13 Å². The lowest BCUT2D eigenvalue weighted by molar-refractivity contribution is -0.124. The molecule has 2 unspecified atom stereocenters. The number of benzene rings is 2. The predicted octanol–water partition coefficient (Wildman–Crippen LogP) is 5.64. The quantitative estimate of drug-likeness (QED) is 0.199. The summed E-state index contributed by atoms with van der Waals surface area (Å²) in [6.07, 6.45) is 2.49. The van der Waals surface area contributed by atoms with Gasteiger partial charge in [-0.3, -0.25) is 9.59 Å². The molecule has 0 saturated heterocycles. The molecular weight excluding hydrogens is 529 g/mol. The van der Waals surface area contributed by atoms with E-state index in [1.807, 2.05) is 57.2 Å². The number of carbonyl (C=O) groups is 2. The van der Waals surface area contributed by atoms with E-state index in [-0.39, 0.29) is 17.6 Å². The fourth-order valence-corrected chi connectivity index (χ4v) is 3.76. The third-order valence-electron chi connectivity index (χ3n) is 5.09. The van der Waals surface area contributed by atoms with Crippen LogP contribution in [0.2, 0.25) is 0 Å². The first kappa shape index (κ1) is 26.3. The molecule has 2 amide bonds. The van der Waals surface area contributed by atoms with Crippen LogP contribution >= 0.6 is 22.6 Å². The normalized spacial score (nSPS) is 13.2. The molecule has 0 bridgehead atoms. The highest BCUT2D eigenvalue weighted by Gasteiger charge is 2.27. The maximum Gasteiger partial charge on any atom is 0.389 e. The average molecular weight is 559 g/mol. The molecule has 2 atom stereocenters. The van der Waals surface area contributed by atoms with Crippen LogP contribution in [0.5, 0.6) is 0 Å². The number of aliphatic hydroxyl groups is 1. The second kappa shape index (κ2) is 12.9. The van der Waals surface area contributed by atoms with Crippen LogP contribution in [-0.2, 0) is 4.79 Å². The summed E-state index contributed by atoms with van der Waals surface area (Å²) in [7, 11) is 0. The van der Waals surface area contributed by atoms with Crippen LogP contribution < -0.4 is 10.6 Å². The molecule has 0 aromatic heterocycles. The van der Waals surface area contributed by atoms with Gasteiger partial charge in [0.2, 0.25) is 17.1 Å². The molecular formula is C25H30IN4O3+. The lowest BCUT2D eigenvalue weighted by Crippen LogP contribution is -2.50. The Balaban J connectivity index is 2.14. The number of aliphatic hydroxyl groups excluding tert-OH is 1. The second-order valence-electron chi connectivity index (χ2n) is 8.26. The molecule has 0 radical (unpaired) electrons. The van der Waals surface area contributed by atoms with E-state index in [0.717, 1.165) is 20.9 Å². The van der Waals surface area contributed by atoms with Crippen LogP contribution in [0, 0.1) is 14.9 Å². The van der Waals surface area contributed by atoms with Gasteiger partial charge < -0.3 is 15.7 Å². The van der Waals surface area contributed by atoms with Crippen LogP contribution in [0.4, 0.5) is 0 Å².